The van der Waals surface area contributed by atoms with Crippen molar-refractivity contribution in [2.24, 2.45) is 5.73 Å². The third kappa shape index (κ3) is 2.79. The van der Waals surface area contributed by atoms with Crippen molar-refractivity contribution in [1.29, 1.82) is 0 Å². The molecule has 0 aliphatic carbocycles. The molecule has 0 atom stereocenters. The number of amides is 1. The second kappa shape index (κ2) is 6.04. The number of hydrogen-bond donors (Lipinski definition) is 1. The van der Waals surface area contributed by atoms with Gasteiger partial charge in [-0.15, -0.1) is 0 Å². The summed E-state index contributed by atoms with van der Waals surface area (Å²) in [6, 6.07) is 11.5. The highest BCUT2D eigenvalue weighted by atomic mass is 16.6. The van der Waals surface area contributed by atoms with Crippen molar-refractivity contribution in [3.05, 3.63) is 75.9 Å². The molecule has 0 bridgehead atoms. The Labute approximate surface area is 137 Å². The monoisotopic (exact) mass is 325 g/mol. The van der Waals surface area contributed by atoms with Gasteiger partial charge in [0.2, 0.25) is 0 Å². The van der Waals surface area contributed by atoms with Crippen LogP contribution in [0.25, 0.3) is 11.3 Å². The molecule has 2 aromatic heterocycles. The van der Waals surface area contributed by atoms with E-state index in [1.54, 1.807) is 37.5 Å². The van der Waals surface area contributed by atoms with Crippen LogP contribution in [0.3, 0.4) is 0 Å². The lowest BCUT2D eigenvalue weighted by Gasteiger charge is -2.10. The molecule has 3 aromatic rings. The second-order valence-electron chi connectivity index (χ2n) is 5.36. The van der Waals surface area contributed by atoms with Crippen LogP contribution in [0.5, 0.6) is 0 Å². The molecule has 0 saturated heterocycles. The van der Waals surface area contributed by atoms with E-state index in [-0.39, 0.29) is 5.69 Å². The fraction of sp³-hybridized carbons (Fsp3) is 0.118. The summed E-state index contributed by atoms with van der Waals surface area (Å²) in [5, 5.41) is 10.8. The zero-order valence-corrected chi connectivity index (χ0v) is 12.9. The van der Waals surface area contributed by atoms with E-state index >= 15 is 0 Å². The van der Waals surface area contributed by atoms with Gasteiger partial charge in [0.15, 0.2) is 0 Å². The predicted octanol–water partition coefficient (Wildman–Crippen LogP) is 3.11. The number of nitro benzene ring substituents is 1. The topological polar surface area (TPSA) is 104 Å². The first kappa shape index (κ1) is 15.5. The van der Waals surface area contributed by atoms with Gasteiger partial charge in [0.05, 0.1) is 23.3 Å². The van der Waals surface area contributed by atoms with E-state index in [1.165, 1.54) is 12.1 Å². The van der Waals surface area contributed by atoms with Crippen molar-refractivity contribution in [3.63, 3.8) is 0 Å². The smallest absolute Gasteiger partial charge is 0.269 e. The van der Waals surface area contributed by atoms with Crippen LogP contribution in [0.1, 0.15) is 21.8 Å². The van der Waals surface area contributed by atoms with Crippen molar-refractivity contribution >= 4 is 11.6 Å². The Morgan fingerprint density at radius 2 is 2.00 bits per heavy atom. The quantitative estimate of drug-likeness (QED) is 0.574. The number of rotatable bonds is 5. The van der Waals surface area contributed by atoms with Gasteiger partial charge in [0.25, 0.3) is 11.6 Å². The highest BCUT2D eigenvalue weighted by molar-refractivity contribution is 5.95. The summed E-state index contributed by atoms with van der Waals surface area (Å²) in [5.41, 5.74) is 8.08. The molecule has 122 valence electrons. The summed E-state index contributed by atoms with van der Waals surface area (Å²) < 4.78 is 7.28. The van der Waals surface area contributed by atoms with E-state index in [4.69, 9.17) is 10.2 Å². The Bertz CT molecular complexity index is 893. The molecule has 0 saturated carbocycles. The first-order valence-corrected chi connectivity index (χ1v) is 7.24. The minimum atomic E-state index is -0.520. The fourth-order valence-corrected chi connectivity index (χ4v) is 2.65. The second-order valence-corrected chi connectivity index (χ2v) is 5.36. The number of nitrogens with two attached hydrogens (primary N) is 1. The van der Waals surface area contributed by atoms with Gasteiger partial charge in [-0.2, -0.15) is 0 Å². The SMILES string of the molecule is Cc1c(C(N)=O)cc(-c2ccc([N+](=O)[O-])cc2)n1Cc1ccco1. The van der Waals surface area contributed by atoms with Gasteiger partial charge < -0.3 is 14.7 Å². The third-order valence-electron chi connectivity index (χ3n) is 3.90. The Balaban J connectivity index is 2.09. The maximum atomic E-state index is 11.7. The first-order valence-electron chi connectivity index (χ1n) is 7.24. The van der Waals surface area contributed by atoms with Gasteiger partial charge in [-0.1, -0.05) is 0 Å². The number of aromatic nitrogens is 1. The van der Waals surface area contributed by atoms with Gasteiger partial charge in [-0.3, -0.25) is 14.9 Å². The van der Waals surface area contributed by atoms with Crippen LogP contribution in [0, 0.1) is 17.0 Å². The maximum Gasteiger partial charge on any atom is 0.269 e. The van der Waals surface area contributed by atoms with Crippen LogP contribution >= 0.6 is 0 Å². The molecular weight excluding hydrogens is 310 g/mol. The molecule has 2 N–H and O–H groups in total. The lowest BCUT2D eigenvalue weighted by atomic mass is 10.1. The van der Waals surface area contributed by atoms with Gasteiger partial charge >= 0.3 is 0 Å². The van der Waals surface area contributed by atoms with E-state index < -0.39 is 10.8 Å². The molecule has 24 heavy (non-hydrogen) atoms. The molecule has 0 unspecified atom stereocenters. The van der Waals surface area contributed by atoms with Gasteiger partial charge in [0, 0.05) is 23.5 Å². The zero-order chi connectivity index (χ0) is 17.3. The number of furan rings is 1. The van der Waals surface area contributed by atoms with Gasteiger partial charge in [-0.25, -0.2) is 0 Å². The molecule has 7 nitrogen and oxygen atoms in total. The molecule has 1 aromatic carbocycles. The summed E-state index contributed by atoms with van der Waals surface area (Å²) in [5.74, 6) is 0.210. The normalized spacial score (nSPS) is 10.7. The Morgan fingerprint density at radius 3 is 2.54 bits per heavy atom. The van der Waals surface area contributed by atoms with E-state index in [2.05, 4.69) is 0 Å². The standard InChI is InChI=1S/C17H15N3O4/c1-11-15(17(18)21)9-16(19(11)10-14-3-2-8-24-14)12-4-6-13(7-5-12)20(22)23/h2-9H,10H2,1H3,(H2,18,21). The van der Waals surface area contributed by atoms with Crippen LogP contribution < -0.4 is 5.73 Å². The van der Waals surface area contributed by atoms with Crippen molar-refractivity contribution in [3.8, 4) is 11.3 Å². The molecule has 2 heterocycles. The maximum absolute atomic E-state index is 11.7. The van der Waals surface area contributed by atoms with E-state index in [0.29, 0.717) is 17.8 Å². The highest BCUT2D eigenvalue weighted by Gasteiger charge is 2.18. The number of primary amides is 1. The Kier molecular flexibility index (Phi) is 3.91. The molecule has 1 amide bonds. The Hall–Kier alpha value is -3.35. The number of benzene rings is 1. The molecule has 0 radical (unpaired) electrons. The largest absolute Gasteiger partial charge is 0.467 e. The summed E-state index contributed by atoms with van der Waals surface area (Å²) in [7, 11) is 0. The molecule has 0 aliphatic heterocycles. The minimum Gasteiger partial charge on any atom is -0.467 e. The summed E-state index contributed by atoms with van der Waals surface area (Å²) in [6.07, 6.45) is 1.58. The molecule has 3 rings (SSSR count). The summed E-state index contributed by atoms with van der Waals surface area (Å²) in [4.78, 5) is 22.0. The number of carbonyl (C=O) groups is 1. The number of carbonyl (C=O) groups excluding carboxylic acids is 1. The molecular formula is C17H15N3O4. The molecule has 0 fully saturated rings. The average molecular weight is 325 g/mol. The number of nitrogens with zero attached hydrogens (tertiary/aromatic N) is 2. The minimum absolute atomic E-state index is 0.00902. The van der Waals surface area contributed by atoms with Crippen LogP contribution in [0.15, 0.2) is 53.1 Å². The van der Waals surface area contributed by atoms with Crippen molar-refractivity contribution in [2.45, 2.75) is 13.5 Å². The zero-order valence-electron chi connectivity index (χ0n) is 12.9. The van der Waals surface area contributed by atoms with Crippen LogP contribution in [0.2, 0.25) is 0 Å². The summed E-state index contributed by atoms with van der Waals surface area (Å²) in [6.45, 7) is 2.23. The van der Waals surface area contributed by atoms with E-state index in [9.17, 15) is 14.9 Å². The molecule has 0 spiro atoms. The van der Waals surface area contributed by atoms with Crippen molar-refractivity contribution in [1.82, 2.24) is 4.57 Å². The van der Waals surface area contributed by atoms with Crippen molar-refractivity contribution in [2.75, 3.05) is 0 Å². The Morgan fingerprint density at radius 1 is 1.29 bits per heavy atom. The van der Waals surface area contributed by atoms with Gasteiger partial charge in [0.1, 0.15) is 5.76 Å². The van der Waals surface area contributed by atoms with Crippen LogP contribution in [-0.2, 0) is 6.54 Å². The lowest BCUT2D eigenvalue weighted by Crippen LogP contribution is -2.12. The third-order valence-corrected chi connectivity index (χ3v) is 3.90. The van der Waals surface area contributed by atoms with Crippen LogP contribution in [0.4, 0.5) is 5.69 Å². The highest BCUT2D eigenvalue weighted by Crippen LogP contribution is 2.28. The van der Waals surface area contributed by atoms with E-state index in [1.807, 2.05) is 10.6 Å². The first-order chi connectivity index (χ1) is 11.5. The number of non-ortho nitro benzene ring substituents is 1. The number of hydrogen-bond acceptors (Lipinski definition) is 4. The van der Waals surface area contributed by atoms with Crippen LogP contribution in [-0.4, -0.2) is 15.4 Å². The van der Waals surface area contributed by atoms with E-state index in [0.717, 1.165) is 17.0 Å². The average Bonchev–Trinajstić information content (AvgIpc) is 3.17. The predicted molar refractivity (Wildman–Crippen MR) is 87.6 cm³/mol. The van der Waals surface area contributed by atoms with Gasteiger partial charge in [-0.05, 0) is 42.8 Å². The fourth-order valence-electron chi connectivity index (χ4n) is 2.65. The van der Waals surface area contributed by atoms with Crippen molar-refractivity contribution < 1.29 is 14.1 Å². The summed E-state index contributed by atoms with van der Waals surface area (Å²) >= 11 is 0. The number of nitro groups is 1. The molecule has 7 heteroatoms. The molecule has 0 aliphatic rings. The lowest BCUT2D eigenvalue weighted by molar-refractivity contribution is -0.384.